The molecule has 1 saturated carbocycles. The Labute approximate surface area is 104 Å². The van der Waals surface area contributed by atoms with E-state index in [2.05, 4.69) is 20.4 Å². The lowest BCUT2D eigenvalue weighted by Gasteiger charge is -2.20. The summed E-state index contributed by atoms with van der Waals surface area (Å²) in [5, 5.41) is 9.99. The van der Waals surface area contributed by atoms with Crippen LogP contribution in [0.2, 0.25) is 0 Å². The number of aromatic nitrogens is 5. The highest BCUT2D eigenvalue weighted by Crippen LogP contribution is 2.29. The summed E-state index contributed by atoms with van der Waals surface area (Å²) in [4.78, 5) is 18.4. The van der Waals surface area contributed by atoms with Gasteiger partial charge in [0.15, 0.2) is 5.69 Å². The number of nitrogens with zero attached hydrogens (tertiary/aromatic N) is 5. The lowest BCUT2D eigenvalue weighted by atomic mass is 10.3. The molecular weight excluding hydrogens is 232 g/mol. The minimum Gasteiger partial charge on any atom is -0.337 e. The van der Waals surface area contributed by atoms with Gasteiger partial charge in [-0.05, 0) is 12.8 Å². The molecule has 0 unspecified atom stereocenters. The van der Waals surface area contributed by atoms with E-state index in [0.29, 0.717) is 18.3 Å². The summed E-state index contributed by atoms with van der Waals surface area (Å²) in [7, 11) is 1.92. The molecule has 0 aliphatic heterocycles. The van der Waals surface area contributed by atoms with Crippen LogP contribution in [0.25, 0.3) is 0 Å². The Balaban J connectivity index is 1.81. The standard InChI is InChI=1S/C11H14N6O/c1-16-5-4-12-10(16)7-17(8-2-3-8)11(18)9-6-13-15-14-9/h4-6,8H,2-3,7H2,1H3,(H,13,14,15). The van der Waals surface area contributed by atoms with Crippen LogP contribution in [0.3, 0.4) is 0 Å². The first kappa shape index (κ1) is 10.9. The zero-order chi connectivity index (χ0) is 12.5. The minimum absolute atomic E-state index is 0.0887. The van der Waals surface area contributed by atoms with Crippen molar-refractivity contribution in [3.8, 4) is 0 Å². The van der Waals surface area contributed by atoms with Gasteiger partial charge in [0.05, 0.1) is 12.7 Å². The Bertz CT molecular complexity index is 542. The molecule has 18 heavy (non-hydrogen) atoms. The van der Waals surface area contributed by atoms with Crippen molar-refractivity contribution in [2.24, 2.45) is 7.05 Å². The summed E-state index contributed by atoms with van der Waals surface area (Å²) in [6, 6.07) is 0.311. The van der Waals surface area contributed by atoms with Gasteiger partial charge in [-0.3, -0.25) is 4.79 Å². The number of rotatable bonds is 4. The van der Waals surface area contributed by atoms with Gasteiger partial charge in [-0.15, -0.1) is 0 Å². The van der Waals surface area contributed by atoms with Gasteiger partial charge in [-0.2, -0.15) is 15.4 Å². The topological polar surface area (TPSA) is 79.7 Å². The molecule has 1 fully saturated rings. The molecule has 7 nitrogen and oxygen atoms in total. The third kappa shape index (κ3) is 1.99. The number of carbonyl (C=O) groups excluding carboxylic acids is 1. The lowest BCUT2D eigenvalue weighted by molar-refractivity contribution is 0.0718. The maximum Gasteiger partial charge on any atom is 0.276 e. The van der Waals surface area contributed by atoms with Gasteiger partial charge in [0.2, 0.25) is 0 Å². The van der Waals surface area contributed by atoms with Gasteiger partial charge in [0, 0.05) is 25.5 Å². The Morgan fingerprint density at radius 1 is 1.61 bits per heavy atom. The maximum absolute atomic E-state index is 12.3. The van der Waals surface area contributed by atoms with E-state index < -0.39 is 0 Å². The van der Waals surface area contributed by atoms with Gasteiger partial charge in [0.1, 0.15) is 5.82 Å². The molecule has 7 heteroatoms. The van der Waals surface area contributed by atoms with E-state index in [4.69, 9.17) is 0 Å². The molecule has 0 saturated heterocycles. The fourth-order valence-electron chi connectivity index (χ4n) is 1.91. The van der Waals surface area contributed by atoms with Crippen molar-refractivity contribution in [2.75, 3.05) is 0 Å². The lowest BCUT2D eigenvalue weighted by Crippen LogP contribution is -2.33. The first-order valence-electron chi connectivity index (χ1n) is 5.88. The van der Waals surface area contributed by atoms with Crippen LogP contribution in [-0.2, 0) is 13.6 Å². The number of hydrogen-bond acceptors (Lipinski definition) is 4. The monoisotopic (exact) mass is 246 g/mol. The van der Waals surface area contributed by atoms with Gasteiger partial charge in [-0.1, -0.05) is 0 Å². The minimum atomic E-state index is -0.0887. The van der Waals surface area contributed by atoms with Crippen LogP contribution in [0.4, 0.5) is 0 Å². The highest BCUT2D eigenvalue weighted by molar-refractivity contribution is 5.92. The zero-order valence-corrected chi connectivity index (χ0v) is 10.1. The maximum atomic E-state index is 12.3. The van der Waals surface area contributed by atoms with Crippen molar-refractivity contribution in [3.05, 3.63) is 30.1 Å². The van der Waals surface area contributed by atoms with E-state index in [1.165, 1.54) is 6.20 Å². The van der Waals surface area contributed by atoms with Crippen molar-refractivity contribution in [1.82, 2.24) is 29.9 Å². The van der Waals surface area contributed by atoms with Crippen molar-refractivity contribution in [1.29, 1.82) is 0 Å². The second-order valence-corrected chi connectivity index (χ2v) is 4.47. The second kappa shape index (κ2) is 4.25. The molecule has 1 N–H and O–H groups in total. The molecule has 2 aromatic rings. The van der Waals surface area contributed by atoms with E-state index in [1.807, 2.05) is 22.7 Å². The van der Waals surface area contributed by atoms with Crippen LogP contribution in [0.1, 0.15) is 29.2 Å². The molecule has 2 aromatic heterocycles. The van der Waals surface area contributed by atoms with E-state index in [0.717, 1.165) is 18.7 Å². The van der Waals surface area contributed by atoms with E-state index >= 15 is 0 Å². The summed E-state index contributed by atoms with van der Waals surface area (Å²) in [6.07, 6.45) is 7.17. The number of aryl methyl sites for hydroxylation is 1. The zero-order valence-electron chi connectivity index (χ0n) is 10.1. The number of amides is 1. The molecule has 94 valence electrons. The molecule has 3 rings (SSSR count). The number of H-pyrrole nitrogens is 1. The van der Waals surface area contributed by atoms with E-state index in [-0.39, 0.29) is 5.91 Å². The van der Waals surface area contributed by atoms with Crippen molar-refractivity contribution in [3.63, 3.8) is 0 Å². The predicted molar refractivity (Wildman–Crippen MR) is 62.5 cm³/mol. The van der Waals surface area contributed by atoms with Crippen molar-refractivity contribution in [2.45, 2.75) is 25.4 Å². The summed E-state index contributed by atoms with van der Waals surface area (Å²) < 4.78 is 1.92. The van der Waals surface area contributed by atoms with Crippen LogP contribution >= 0.6 is 0 Å². The van der Waals surface area contributed by atoms with Crippen LogP contribution in [0, 0.1) is 0 Å². The quantitative estimate of drug-likeness (QED) is 0.843. The normalized spacial score (nSPS) is 14.7. The molecule has 0 bridgehead atoms. The highest BCUT2D eigenvalue weighted by atomic mass is 16.2. The number of nitrogens with one attached hydrogen (secondary N) is 1. The van der Waals surface area contributed by atoms with Gasteiger partial charge < -0.3 is 9.47 Å². The Hall–Kier alpha value is -2.18. The molecular formula is C11H14N6O. The summed E-state index contributed by atoms with van der Waals surface area (Å²) in [6.45, 7) is 0.514. The van der Waals surface area contributed by atoms with Crippen LogP contribution in [0.5, 0.6) is 0 Å². The van der Waals surface area contributed by atoms with Gasteiger partial charge in [0.25, 0.3) is 5.91 Å². The van der Waals surface area contributed by atoms with Crippen molar-refractivity contribution < 1.29 is 4.79 Å². The number of aromatic amines is 1. The third-order valence-corrected chi connectivity index (χ3v) is 3.12. The summed E-state index contributed by atoms with van der Waals surface area (Å²) in [5.41, 5.74) is 0.358. The average Bonchev–Trinajstić information content (AvgIpc) is 2.90. The Morgan fingerprint density at radius 3 is 3.00 bits per heavy atom. The molecule has 2 heterocycles. The van der Waals surface area contributed by atoms with Gasteiger partial charge in [-0.25, -0.2) is 4.98 Å². The van der Waals surface area contributed by atoms with E-state index in [9.17, 15) is 4.79 Å². The first-order valence-corrected chi connectivity index (χ1v) is 5.88. The number of carbonyl (C=O) groups is 1. The first-order chi connectivity index (χ1) is 8.75. The molecule has 0 aromatic carbocycles. The third-order valence-electron chi connectivity index (χ3n) is 3.12. The van der Waals surface area contributed by atoms with Gasteiger partial charge >= 0.3 is 0 Å². The SMILES string of the molecule is Cn1ccnc1CN(C(=O)c1cn[nH]n1)C1CC1. The average molecular weight is 246 g/mol. The predicted octanol–water partition coefficient (Wildman–Crippen LogP) is 0.343. The molecule has 0 radical (unpaired) electrons. The van der Waals surface area contributed by atoms with E-state index in [1.54, 1.807) is 6.20 Å². The number of imidazole rings is 1. The second-order valence-electron chi connectivity index (χ2n) is 4.47. The van der Waals surface area contributed by atoms with Crippen LogP contribution in [-0.4, -0.2) is 41.8 Å². The summed E-state index contributed by atoms with van der Waals surface area (Å²) in [5.74, 6) is 0.785. The van der Waals surface area contributed by atoms with Crippen LogP contribution < -0.4 is 0 Å². The Kier molecular flexibility index (Phi) is 2.58. The molecule has 0 atom stereocenters. The largest absolute Gasteiger partial charge is 0.337 e. The van der Waals surface area contributed by atoms with Crippen LogP contribution in [0.15, 0.2) is 18.6 Å². The molecule has 1 aliphatic rings. The molecule has 1 aliphatic carbocycles. The van der Waals surface area contributed by atoms with Crippen molar-refractivity contribution >= 4 is 5.91 Å². The highest BCUT2D eigenvalue weighted by Gasteiger charge is 2.34. The smallest absolute Gasteiger partial charge is 0.276 e. The fraction of sp³-hybridized carbons (Fsp3) is 0.455. The fourth-order valence-corrected chi connectivity index (χ4v) is 1.91. The Morgan fingerprint density at radius 2 is 2.44 bits per heavy atom. The molecule has 1 amide bonds. The molecule has 0 spiro atoms. The summed E-state index contributed by atoms with van der Waals surface area (Å²) >= 11 is 0. The number of hydrogen-bond donors (Lipinski definition) is 1.